The summed E-state index contributed by atoms with van der Waals surface area (Å²) >= 11 is 1.40. The molecule has 0 bridgehead atoms. The van der Waals surface area contributed by atoms with Crippen LogP contribution in [0.15, 0.2) is 11.6 Å². The van der Waals surface area contributed by atoms with Crippen molar-refractivity contribution in [2.75, 3.05) is 12.4 Å². The zero-order chi connectivity index (χ0) is 14.1. The molecular formula is C13H16N4O2S. The third-order valence-electron chi connectivity index (χ3n) is 3.13. The van der Waals surface area contributed by atoms with Crippen LogP contribution < -0.4 is 5.32 Å². The highest BCUT2D eigenvalue weighted by molar-refractivity contribution is 7.13. The Morgan fingerprint density at radius 2 is 2.40 bits per heavy atom. The van der Waals surface area contributed by atoms with Crippen molar-refractivity contribution in [3.8, 4) is 0 Å². The van der Waals surface area contributed by atoms with Crippen molar-refractivity contribution in [3.05, 3.63) is 28.5 Å². The van der Waals surface area contributed by atoms with E-state index in [9.17, 15) is 4.79 Å². The van der Waals surface area contributed by atoms with Gasteiger partial charge in [-0.3, -0.25) is 14.8 Å². The van der Waals surface area contributed by atoms with Crippen LogP contribution in [0.25, 0.3) is 0 Å². The molecule has 2 aromatic heterocycles. The van der Waals surface area contributed by atoms with Gasteiger partial charge in [0.1, 0.15) is 0 Å². The van der Waals surface area contributed by atoms with E-state index in [1.165, 1.54) is 11.3 Å². The van der Waals surface area contributed by atoms with Crippen LogP contribution >= 0.6 is 11.3 Å². The summed E-state index contributed by atoms with van der Waals surface area (Å²) in [6.45, 7) is 0.451. The Balaban J connectivity index is 1.75. The molecule has 1 fully saturated rings. The van der Waals surface area contributed by atoms with Crippen LogP contribution in [0.5, 0.6) is 0 Å². The number of anilines is 1. The first-order valence-corrected chi connectivity index (χ1v) is 7.33. The first-order valence-electron chi connectivity index (χ1n) is 6.45. The Morgan fingerprint density at radius 3 is 3.10 bits per heavy atom. The maximum Gasteiger partial charge on any atom is 0.260 e. The number of hydrogen-bond acceptors (Lipinski definition) is 5. The number of nitrogens with zero attached hydrogens (tertiary/aromatic N) is 3. The van der Waals surface area contributed by atoms with Gasteiger partial charge >= 0.3 is 0 Å². The minimum Gasteiger partial charge on any atom is -0.378 e. The lowest BCUT2D eigenvalue weighted by Crippen LogP contribution is -2.13. The minimum atomic E-state index is -0.140. The zero-order valence-corrected chi connectivity index (χ0v) is 12.2. The highest BCUT2D eigenvalue weighted by Gasteiger charge is 2.31. The summed E-state index contributed by atoms with van der Waals surface area (Å²) in [5, 5.41) is 9.69. The summed E-state index contributed by atoms with van der Waals surface area (Å²) in [6.07, 6.45) is 4.01. The molecule has 0 radical (unpaired) electrons. The number of aromatic nitrogens is 3. The van der Waals surface area contributed by atoms with Crippen molar-refractivity contribution >= 4 is 22.4 Å². The molecule has 6 nitrogen and oxygen atoms in total. The van der Waals surface area contributed by atoms with Crippen molar-refractivity contribution in [1.29, 1.82) is 0 Å². The largest absolute Gasteiger partial charge is 0.378 e. The lowest BCUT2D eigenvalue weighted by atomic mass is 10.2. The van der Waals surface area contributed by atoms with Crippen molar-refractivity contribution in [3.63, 3.8) is 0 Å². The van der Waals surface area contributed by atoms with Crippen molar-refractivity contribution in [1.82, 2.24) is 14.8 Å². The molecule has 0 saturated heterocycles. The summed E-state index contributed by atoms with van der Waals surface area (Å²) in [5.41, 5.74) is 2.37. The lowest BCUT2D eigenvalue weighted by molar-refractivity contribution is 0.102. The van der Waals surface area contributed by atoms with Crippen LogP contribution in [0.3, 0.4) is 0 Å². The summed E-state index contributed by atoms with van der Waals surface area (Å²) in [7, 11) is 3.46. The van der Waals surface area contributed by atoms with Crippen LogP contribution in [0.2, 0.25) is 0 Å². The van der Waals surface area contributed by atoms with Crippen LogP contribution in [0, 0.1) is 0 Å². The van der Waals surface area contributed by atoms with Crippen LogP contribution in [-0.4, -0.2) is 27.8 Å². The maximum absolute atomic E-state index is 12.3. The Morgan fingerprint density at radius 1 is 1.60 bits per heavy atom. The molecule has 7 heteroatoms. The van der Waals surface area contributed by atoms with Gasteiger partial charge in [-0.2, -0.15) is 5.10 Å². The molecule has 1 saturated carbocycles. The quantitative estimate of drug-likeness (QED) is 0.917. The normalized spacial score (nSPS) is 14.5. The topological polar surface area (TPSA) is 69.0 Å². The Hall–Kier alpha value is -1.73. The van der Waals surface area contributed by atoms with E-state index in [4.69, 9.17) is 4.74 Å². The standard InChI is InChI=1S/C13H16N4O2S/c1-17-5-10(11(16-17)8-3-4-8)12(18)15-13-14-9(6-19-2)7-20-13/h5,7-8H,3-4,6H2,1-2H3,(H,14,15,18). The van der Waals surface area contributed by atoms with E-state index >= 15 is 0 Å². The fraction of sp³-hybridized carbons (Fsp3) is 0.462. The predicted octanol–water partition coefficient (Wildman–Crippen LogP) is 2.15. The second-order valence-electron chi connectivity index (χ2n) is 4.91. The van der Waals surface area contributed by atoms with Gasteiger partial charge in [0.15, 0.2) is 5.13 Å². The van der Waals surface area contributed by atoms with E-state index in [0.717, 1.165) is 24.2 Å². The SMILES string of the molecule is COCc1csc(NC(=O)c2cn(C)nc2C2CC2)n1. The Labute approximate surface area is 120 Å². The van der Waals surface area contributed by atoms with Gasteiger partial charge in [0.25, 0.3) is 5.91 Å². The summed E-state index contributed by atoms with van der Waals surface area (Å²) in [5.74, 6) is 0.301. The molecule has 0 atom stereocenters. The van der Waals surface area contributed by atoms with Crippen LogP contribution in [0.4, 0.5) is 5.13 Å². The van der Waals surface area contributed by atoms with Gasteiger partial charge in [-0.05, 0) is 12.8 Å². The van der Waals surface area contributed by atoms with Gasteiger partial charge in [-0.15, -0.1) is 11.3 Å². The monoisotopic (exact) mass is 292 g/mol. The van der Waals surface area contributed by atoms with Gasteiger partial charge < -0.3 is 4.74 Å². The molecule has 1 aliphatic carbocycles. The molecule has 1 N–H and O–H groups in total. The molecule has 2 heterocycles. The van der Waals surface area contributed by atoms with Crippen molar-refractivity contribution in [2.45, 2.75) is 25.4 Å². The summed E-state index contributed by atoms with van der Waals surface area (Å²) in [4.78, 5) is 16.6. The third kappa shape index (κ3) is 2.73. The van der Waals surface area contributed by atoms with Gasteiger partial charge in [-0.25, -0.2) is 4.98 Å². The van der Waals surface area contributed by atoms with E-state index in [1.807, 2.05) is 12.4 Å². The van der Waals surface area contributed by atoms with E-state index in [2.05, 4.69) is 15.4 Å². The molecule has 2 aromatic rings. The van der Waals surface area contributed by atoms with E-state index in [1.54, 1.807) is 18.0 Å². The van der Waals surface area contributed by atoms with E-state index in [0.29, 0.717) is 23.2 Å². The van der Waals surface area contributed by atoms with Gasteiger partial charge in [0.05, 0.1) is 23.6 Å². The smallest absolute Gasteiger partial charge is 0.260 e. The number of rotatable bonds is 5. The molecule has 0 unspecified atom stereocenters. The second-order valence-corrected chi connectivity index (χ2v) is 5.77. The number of carbonyl (C=O) groups excluding carboxylic acids is 1. The molecule has 0 aromatic carbocycles. The van der Waals surface area contributed by atoms with Gasteiger partial charge in [0.2, 0.25) is 0 Å². The number of carbonyl (C=O) groups is 1. The third-order valence-corrected chi connectivity index (χ3v) is 3.94. The van der Waals surface area contributed by atoms with Crippen LogP contribution in [0.1, 0.15) is 40.5 Å². The minimum absolute atomic E-state index is 0.140. The molecular weight excluding hydrogens is 276 g/mol. The number of nitrogens with one attached hydrogen (secondary N) is 1. The number of thiazole rings is 1. The predicted molar refractivity (Wildman–Crippen MR) is 76.0 cm³/mol. The second kappa shape index (κ2) is 5.34. The van der Waals surface area contributed by atoms with Crippen molar-refractivity contribution < 1.29 is 9.53 Å². The molecule has 0 aliphatic heterocycles. The van der Waals surface area contributed by atoms with E-state index in [-0.39, 0.29) is 5.91 Å². The van der Waals surface area contributed by atoms with Crippen molar-refractivity contribution in [2.24, 2.45) is 7.05 Å². The first-order chi connectivity index (χ1) is 9.67. The Bertz CT molecular complexity index is 630. The summed E-state index contributed by atoms with van der Waals surface area (Å²) in [6, 6.07) is 0. The number of ether oxygens (including phenoxy) is 1. The highest BCUT2D eigenvalue weighted by Crippen LogP contribution is 2.40. The maximum atomic E-state index is 12.3. The average Bonchev–Trinajstić information content (AvgIpc) is 3.05. The fourth-order valence-corrected chi connectivity index (χ4v) is 2.77. The average molecular weight is 292 g/mol. The summed E-state index contributed by atoms with van der Waals surface area (Å²) < 4.78 is 6.71. The number of amides is 1. The molecule has 0 spiro atoms. The Kier molecular flexibility index (Phi) is 3.54. The molecule has 20 heavy (non-hydrogen) atoms. The first kappa shape index (κ1) is 13.3. The fourth-order valence-electron chi connectivity index (χ4n) is 2.08. The van der Waals surface area contributed by atoms with Gasteiger partial charge in [0, 0.05) is 31.7 Å². The lowest BCUT2D eigenvalue weighted by Gasteiger charge is -2.01. The number of methoxy groups -OCH3 is 1. The number of aryl methyl sites for hydroxylation is 1. The van der Waals surface area contributed by atoms with E-state index < -0.39 is 0 Å². The molecule has 1 amide bonds. The molecule has 3 rings (SSSR count). The zero-order valence-electron chi connectivity index (χ0n) is 11.4. The van der Waals surface area contributed by atoms with Crippen LogP contribution in [-0.2, 0) is 18.4 Å². The molecule has 1 aliphatic rings. The van der Waals surface area contributed by atoms with Gasteiger partial charge in [-0.1, -0.05) is 0 Å². The number of hydrogen-bond donors (Lipinski definition) is 1. The highest BCUT2D eigenvalue weighted by atomic mass is 32.1. The molecule has 106 valence electrons.